The average Bonchev–Trinajstić information content (AvgIpc) is 2.96. The summed E-state index contributed by atoms with van der Waals surface area (Å²) < 4.78 is 5.30. The summed E-state index contributed by atoms with van der Waals surface area (Å²) in [5.41, 5.74) is 3.65. The minimum Gasteiger partial charge on any atom is -0.337 e. The van der Waals surface area contributed by atoms with Gasteiger partial charge in [-0.15, -0.1) is 11.6 Å². The number of rotatable bonds is 3. The van der Waals surface area contributed by atoms with Gasteiger partial charge in [0.05, 0.1) is 0 Å². The quantitative estimate of drug-likeness (QED) is 0.684. The summed E-state index contributed by atoms with van der Waals surface area (Å²) in [4.78, 5) is 8.74. The van der Waals surface area contributed by atoms with Crippen LogP contribution in [0.5, 0.6) is 0 Å². The van der Waals surface area contributed by atoms with Gasteiger partial charge in [0.2, 0.25) is 11.7 Å². The van der Waals surface area contributed by atoms with E-state index in [0.29, 0.717) is 11.7 Å². The van der Waals surface area contributed by atoms with Crippen LogP contribution in [0, 0.1) is 13.8 Å². The molecule has 1 unspecified atom stereocenters. The van der Waals surface area contributed by atoms with E-state index in [0.717, 1.165) is 22.5 Å². The van der Waals surface area contributed by atoms with Crippen LogP contribution < -0.4 is 0 Å². The number of hydrogen-bond donors (Lipinski definition) is 0. The molecule has 0 spiro atoms. The van der Waals surface area contributed by atoms with Gasteiger partial charge in [-0.2, -0.15) is 4.98 Å². The molecule has 106 valence electrons. The lowest BCUT2D eigenvalue weighted by Crippen LogP contribution is -1.93. The van der Waals surface area contributed by atoms with E-state index in [2.05, 4.69) is 15.1 Å². The highest BCUT2D eigenvalue weighted by Crippen LogP contribution is 2.29. The standard InChI is InChI=1S/C16H14ClN3O/c1-10-8-13(9-11(2)18-10)15-19-16(21-20-15)14(17)12-6-4-3-5-7-12/h3-9,14H,1-2H3. The molecule has 4 nitrogen and oxygen atoms in total. The molecule has 0 aliphatic carbocycles. The zero-order chi connectivity index (χ0) is 14.8. The van der Waals surface area contributed by atoms with E-state index < -0.39 is 5.38 Å². The van der Waals surface area contributed by atoms with E-state index in [-0.39, 0.29) is 0 Å². The molecule has 0 saturated carbocycles. The smallest absolute Gasteiger partial charge is 0.249 e. The number of halogens is 1. The highest BCUT2D eigenvalue weighted by Gasteiger charge is 2.19. The molecule has 3 aromatic rings. The predicted octanol–water partition coefficient (Wildman–Crippen LogP) is 4.08. The Morgan fingerprint density at radius 1 is 1.00 bits per heavy atom. The molecule has 0 saturated heterocycles. The summed E-state index contributed by atoms with van der Waals surface area (Å²) in [6.07, 6.45) is 0. The minimum absolute atomic E-state index is 0.394. The van der Waals surface area contributed by atoms with Crippen LogP contribution in [-0.4, -0.2) is 15.1 Å². The van der Waals surface area contributed by atoms with E-state index >= 15 is 0 Å². The van der Waals surface area contributed by atoms with Crippen molar-refractivity contribution in [3.8, 4) is 11.4 Å². The van der Waals surface area contributed by atoms with E-state index in [4.69, 9.17) is 16.1 Å². The highest BCUT2D eigenvalue weighted by atomic mass is 35.5. The first-order valence-electron chi connectivity index (χ1n) is 6.62. The lowest BCUT2D eigenvalue weighted by Gasteiger charge is -2.03. The second-order valence-electron chi connectivity index (χ2n) is 4.87. The molecule has 0 aliphatic rings. The molecule has 0 radical (unpaired) electrons. The van der Waals surface area contributed by atoms with Gasteiger partial charge in [-0.1, -0.05) is 35.5 Å². The van der Waals surface area contributed by atoms with Crippen LogP contribution >= 0.6 is 11.6 Å². The van der Waals surface area contributed by atoms with Gasteiger partial charge in [0.25, 0.3) is 0 Å². The van der Waals surface area contributed by atoms with Gasteiger partial charge in [-0.3, -0.25) is 4.98 Å². The van der Waals surface area contributed by atoms with Crippen LogP contribution in [0.4, 0.5) is 0 Å². The maximum atomic E-state index is 6.39. The zero-order valence-electron chi connectivity index (χ0n) is 11.7. The second-order valence-corrected chi connectivity index (χ2v) is 5.30. The zero-order valence-corrected chi connectivity index (χ0v) is 12.5. The Bertz CT molecular complexity index is 735. The van der Waals surface area contributed by atoms with Crippen molar-refractivity contribution in [3.63, 3.8) is 0 Å². The summed E-state index contributed by atoms with van der Waals surface area (Å²) in [6, 6.07) is 13.5. The van der Waals surface area contributed by atoms with Crippen molar-refractivity contribution in [2.75, 3.05) is 0 Å². The molecule has 3 rings (SSSR count). The van der Waals surface area contributed by atoms with Gasteiger partial charge in [0.1, 0.15) is 5.38 Å². The minimum atomic E-state index is -0.448. The molecule has 21 heavy (non-hydrogen) atoms. The molecule has 0 aliphatic heterocycles. The molecule has 0 N–H and O–H groups in total. The number of pyridine rings is 1. The van der Waals surface area contributed by atoms with Crippen molar-refractivity contribution in [2.45, 2.75) is 19.2 Å². The normalized spacial score (nSPS) is 12.3. The number of aromatic nitrogens is 3. The first-order chi connectivity index (χ1) is 10.1. The Morgan fingerprint density at radius 3 is 2.33 bits per heavy atom. The Hall–Kier alpha value is -2.20. The SMILES string of the molecule is Cc1cc(-c2noc(C(Cl)c3ccccc3)n2)cc(C)n1. The van der Waals surface area contributed by atoms with Gasteiger partial charge in [-0.25, -0.2) is 0 Å². The summed E-state index contributed by atoms with van der Waals surface area (Å²) in [7, 11) is 0. The third-order valence-electron chi connectivity index (χ3n) is 3.09. The summed E-state index contributed by atoms with van der Waals surface area (Å²) >= 11 is 6.39. The van der Waals surface area contributed by atoms with Gasteiger partial charge in [0, 0.05) is 17.0 Å². The number of hydrogen-bond acceptors (Lipinski definition) is 4. The predicted molar refractivity (Wildman–Crippen MR) is 81.1 cm³/mol. The van der Waals surface area contributed by atoms with E-state index in [1.165, 1.54) is 0 Å². The molecule has 2 heterocycles. The van der Waals surface area contributed by atoms with Crippen LogP contribution in [0.1, 0.15) is 28.2 Å². The average molecular weight is 300 g/mol. The summed E-state index contributed by atoms with van der Waals surface area (Å²) in [5.74, 6) is 0.921. The maximum absolute atomic E-state index is 6.39. The molecule has 1 aromatic carbocycles. The Kier molecular flexibility index (Phi) is 3.71. The third-order valence-corrected chi connectivity index (χ3v) is 3.53. The van der Waals surface area contributed by atoms with Gasteiger partial charge < -0.3 is 4.52 Å². The van der Waals surface area contributed by atoms with Gasteiger partial charge in [0.15, 0.2) is 0 Å². The molecule has 0 bridgehead atoms. The van der Waals surface area contributed by atoms with E-state index in [9.17, 15) is 0 Å². The third kappa shape index (κ3) is 2.95. The van der Waals surface area contributed by atoms with Gasteiger partial charge >= 0.3 is 0 Å². The molecule has 0 amide bonds. The first kappa shape index (κ1) is 13.8. The molecule has 5 heteroatoms. The Balaban J connectivity index is 1.93. The molecular formula is C16H14ClN3O. The summed E-state index contributed by atoms with van der Waals surface area (Å²) in [5, 5.41) is 3.57. The highest BCUT2D eigenvalue weighted by molar-refractivity contribution is 6.22. The van der Waals surface area contributed by atoms with Crippen molar-refractivity contribution in [1.82, 2.24) is 15.1 Å². The lowest BCUT2D eigenvalue weighted by atomic mass is 10.1. The first-order valence-corrected chi connectivity index (χ1v) is 7.05. The van der Waals surface area contributed by atoms with Crippen molar-refractivity contribution in [2.24, 2.45) is 0 Å². The summed E-state index contributed by atoms with van der Waals surface area (Å²) in [6.45, 7) is 3.87. The fourth-order valence-electron chi connectivity index (χ4n) is 2.18. The van der Waals surface area contributed by atoms with Crippen molar-refractivity contribution in [3.05, 3.63) is 65.3 Å². The number of nitrogens with zero attached hydrogens (tertiary/aromatic N) is 3. The van der Waals surface area contributed by atoms with Crippen LogP contribution in [-0.2, 0) is 0 Å². The largest absolute Gasteiger partial charge is 0.337 e. The fraction of sp³-hybridized carbons (Fsp3) is 0.188. The van der Waals surface area contributed by atoms with Crippen molar-refractivity contribution < 1.29 is 4.52 Å². The number of benzene rings is 1. The van der Waals surface area contributed by atoms with Crippen LogP contribution in [0.25, 0.3) is 11.4 Å². The van der Waals surface area contributed by atoms with Gasteiger partial charge in [-0.05, 0) is 31.5 Å². The molecule has 1 atom stereocenters. The van der Waals surface area contributed by atoms with E-state index in [1.54, 1.807) is 0 Å². The second kappa shape index (κ2) is 5.66. The van der Waals surface area contributed by atoms with Crippen LogP contribution in [0.2, 0.25) is 0 Å². The maximum Gasteiger partial charge on any atom is 0.249 e. The molecular weight excluding hydrogens is 286 g/mol. The van der Waals surface area contributed by atoms with E-state index in [1.807, 2.05) is 56.3 Å². The molecule has 0 fully saturated rings. The van der Waals surface area contributed by atoms with Crippen molar-refractivity contribution >= 4 is 11.6 Å². The monoisotopic (exact) mass is 299 g/mol. The number of alkyl halides is 1. The molecule has 2 aromatic heterocycles. The number of aryl methyl sites for hydroxylation is 2. The van der Waals surface area contributed by atoms with Crippen LogP contribution in [0.15, 0.2) is 47.0 Å². The topological polar surface area (TPSA) is 51.8 Å². The lowest BCUT2D eigenvalue weighted by molar-refractivity contribution is 0.383. The Morgan fingerprint density at radius 2 is 1.67 bits per heavy atom. The van der Waals surface area contributed by atoms with Crippen LogP contribution in [0.3, 0.4) is 0 Å². The fourth-order valence-corrected chi connectivity index (χ4v) is 2.42. The van der Waals surface area contributed by atoms with Crippen molar-refractivity contribution in [1.29, 1.82) is 0 Å². The Labute approximate surface area is 127 Å².